The van der Waals surface area contributed by atoms with Crippen LogP contribution in [0, 0.1) is 13.8 Å². The van der Waals surface area contributed by atoms with E-state index in [1.54, 1.807) is 39.8 Å². The predicted octanol–water partition coefficient (Wildman–Crippen LogP) is 5.79. The first-order valence-electron chi connectivity index (χ1n) is 11.7. The number of nitrogens with zero attached hydrogens (tertiary/aromatic N) is 1. The zero-order chi connectivity index (χ0) is 26.5. The zero-order valence-corrected chi connectivity index (χ0v) is 22.5. The van der Waals surface area contributed by atoms with Crippen molar-refractivity contribution in [2.45, 2.75) is 79.1 Å². The Hall–Kier alpha value is -3.06. The van der Waals surface area contributed by atoms with Gasteiger partial charge in [-0.1, -0.05) is 53.6 Å². The number of rotatable bonds is 7. The molecule has 0 saturated carbocycles. The van der Waals surface area contributed by atoms with Crippen LogP contribution in [0.3, 0.4) is 0 Å². The van der Waals surface area contributed by atoms with E-state index in [4.69, 9.17) is 16.3 Å². The molecule has 0 aliphatic carbocycles. The number of carbonyl (C=O) groups excluding carboxylic acids is 3. The third-order valence-corrected chi connectivity index (χ3v) is 5.58. The second-order valence-electron chi connectivity index (χ2n) is 9.94. The van der Waals surface area contributed by atoms with Gasteiger partial charge in [0.2, 0.25) is 5.91 Å². The van der Waals surface area contributed by atoms with Gasteiger partial charge in [-0.2, -0.15) is 0 Å². The summed E-state index contributed by atoms with van der Waals surface area (Å²) in [6.07, 6.45) is -0.703. The van der Waals surface area contributed by atoms with Gasteiger partial charge >= 0.3 is 6.09 Å². The summed E-state index contributed by atoms with van der Waals surface area (Å²) in [6.45, 7) is 14.2. The number of carbonyl (C=O) groups is 3. The molecule has 2 N–H and O–H groups in total. The lowest BCUT2D eigenvalue weighted by Gasteiger charge is -2.36. The maximum absolute atomic E-state index is 13.7. The van der Waals surface area contributed by atoms with Crippen LogP contribution in [-0.4, -0.2) is 40.5 Å². The number of hydrogen-bond acceptors (Lipinski definition) is 4. The van der Waals surface area contributed by atoms with Crippen molar-refractivity contribution >= 4 is 35.2 Å². The number of aryl methyl sites for hydroxylation is 2. The van der Waals surface area contributed by atoms with Crippen molar-refractivity contribution < 1.29 is 19.1 Å². The fraction of sp³-hybridized carbons (Fsp3) is 0.444. The molecule has 0 heterocycles. The lowest BCUT2D eigenvalue weighted by molar-refractivity contribution is -0.142. The number of amides is 3. The number of benzene rings is 2. The fourth-order valence-electron chi connectivity index (χ4n) is 3.71. The summed E-state index contributed by atoms with van der Waals surface area (Å²) in [7, 11) is 0. The van der Waals surface area contributed by atoms with E-state index in [2.05, 4.69) is 10.6 Å². The standard InChI is InChI=1S/C27H36ClN3O4/c1-16(2)31(25(33)19(5)29-26(34)35-27(6,7)8)23(20-13-9-11-17(3)15-20)24(32)30-22-18(4)12-10-14-21(22)28/h9-16,19,23H,1-8H3,(H,29,34)(H,30,32). The normalized spacial score (nSPS) is 13.1. The summed E-state index contributed by atoms with van der Waals surface area (Å²) in [4.78, 5) is 41.1. The molecule has 0 bridgehead atoms. The SMILES string of the molecule is Cc1cccc(C(C(=O)Nc2c(C)cccc2Cl)N(C(=O)C(C)NC(=O)OC(C)(C)C)C(C)C)c1. The third kappa shape index (κ3) is 7.72. The highest BCUT2D eigenvalue weighted by Gasteiger charge is 2.36. The van der Waals surface area contributed by atoms with Gasteiger partial charge in [-0.05, 0) is 72.6 Å². The van der Waals surface area contributed by atoms with E-state index in [1.807, 2.05) is 58.0 Å². The molecule has 2 unspecified atom stereocenters. The molecular formula is C27H36ClN3O4. The molecule has 0 aliphatic heterocycles. The molecule has 8 heteroatoms. The number of nitrogens with one attached hydrogen (secondary N) is 2. The quantitative estimate of drug-likeness (QED) is 0.502. The van der Waals surface area contributed by atoms with E-state index in [-0.39, 0.29) is 6.04 Å². The van der Waals surface area contributed by atoms with Crippen LogP contribution in [0.2, 0.25) is 5.02 Å². The number of para-hydroxylation sites is 1. The molecule has 3 amide bonds. The van der Waals surface area contributed by atoms with Crippen LogP contribution in [0.4, 0.5) is 10.5 Å². The van der Waals surface area contributed by atoms with Gasteiger partial charge < -0.3 is 20.3 Å². The Bertz CT molecular complexity index is 1060. The monoisotopic (exact) mass is 501 g/mol. The van der Waals surface area contributed by atoms with Crippen molar-refractivity contribution in [3.05, 3.63) is 64.2 Å². The fourth-order valence-corrected chi connectivity index (χ4v) is 3.98. The molecular weight excluding hydrogens is 466 g/mol. The van der Waals surface area contributed by atoms with Crippen molar-refractivity contribution in [1.82, 2.24) is 10.2 Å². The van der Waals surface area contributed by atoms with Gasteiger partial charge in [0.05, 0.1) is 10.7 Å². The Balaban J connectivity index is 2.46. The van der Waals surface area contributed by atoms with E-state index in [0.29, 0.717) is 16.3 Å². The molecule has 35 heavy (non-hydrogen) atoms. The molecule has 2 aromatic carbocycles. The van der Waals surface area contributed by atoms with Crippen molar-refractivity contribution in [1.29, 1.82) is 0 Å². The highest BCUT2D eigenvalue weighted by Crippen LogP contribution is 2.30. The van der Waals surface area contributed by atoms with Crippen molar-refractivity contribution in [2.75, 3.05) is 5.32 Å². The Kier molecular flexibility index (Phi) is 9.32. The number of halogens is 1. The molecule has 0 aromatic heterocycles. The Morgan fingerprint density at radius 1 is 1.00 bits per heavy atom. The summed E-state index contributed by atoms with van der Waals surface area (Å²) >= 11 is 6.36. The van der Waals surface area contributed by atoms with Gasteiger partial charge in [0, 0.05) is 6.04 Å². The van der Waals surface area contributed by atoms with Crippen LogP contribution in [0.15, 0.2) is 42.5 Å². The summed E-state index contributed by atoms with van der Waals surface area (Å²) in [5.41, 5.74) is 2.19. The van der Waals surface area contributed by atoms with E-state index in [9.17, 15) is 14.4 Å². The van der Waals surface area contributed by atoms with Gasteiger partial charge in [-0.15, -0.1) is 0 Å². The van der Waals surface area contributed by atoms with Crippen LogP contribution < -0.4 is 10.6 Å². The first-order chi connectivity index (χ1) is 16.2. The largest absolute Gasteiger partial charge is 0.444 e. The maximum atomic E-state index is 13.7. The second kappa shape index (κ2) is 11.6. The topological polar surface area (TPSA) is 87.7 Å². The maximum Gasteiger partial charge on any atom is 0.408 e. The molecule has 0 radical (unpaired) electrons. The van der Waals surface area contributed by atoms with E-state index in [0.717, 1.165) is 11.1 Å². The van der Waals surface area contributed by atoms with Crippen molar-refractivity contribution in [2.24, 2.45) is 0 Å². The van der Waals surface area contributed by atoms with Crippen LogP contribution in [0.1, 0.15) is 64.3 Å². The van der Waals surface area contributed by atoms with Crippen LogP contribution in [-0.2, 0) is 14.3 Å². The smallest absolute Gasteiger partial charge is 0.408 e. The number of hydrogen-bond donors (Lipinski definition) is 2. The first kappa shape index (κ1) is 28.2. The molecule has 2 atom stereocenters. The van der Waals surface area contributed by atoms with Crippen molar-refractivity contribution in [3.63, 3.8) is 0 Å². The Morgan fingerprint density at radius 3 is 2.17 bits per heavy atom. The minimum atomic E-state index is -0.957. The molecule has 7 nitrogen and oxygen atoms in total. The van der Waals surface area contributed by atoms with Crippen LogP contribution in [0.5, 0.6) is 0 Å². The lowest BCUT2D eigenvalue weighted by Crippen LogP contribution is -2.53. The Labute approximate surface area is 213 Å². The summed E-state index contributed by atoms with van der Waals surface area (Å²) in [6, 6.07) is 10.6. The molecule has 2 aromatic rings. The molecule has 0 spiro atoms. The van der Waals surface area contributed by atoms with E-state index >= 15 is 0 Å². The number of anilines is 1. The van der Waals surface area contributed by atoms with Crippen LogP contribution in [0.25, 0.3) is 0 Å². The molecule has 0 fully saturated rings. The molecule has 2 rings (SSSR count). The minimum Gasteiger partial charge on any atom is -0.444 e. The van der Waals surface area contributed by atoms with Gasteiger partial charge in [0.1, 0.15) is 17.7 Å². The van der Waals surface area contributed by atoms with E-state index < -0.39 is 35.6 Å². The van der Waals surface area contributed by atoms with Gasteiger partial charge in [-0.3, -0.25) is 9.59 Å². The predicted molar refractivity (Wildman–Crippen MR) is 140 cm³/mol. The van der Waals surface area contributed by atoms with Crippen LogP contribution >= 0.6 is 11.6 Å². The van der Waals surface area contributed by atoms with Gasteiger partial charge in [0.15, 0.2) is 0 Å². The van der Waals surface area contributed by atoms with Gasteiger partial charge in [-0.25, -0.2) is 4.79 Å². The summed E-state index contributed by atoms with van der Waals surface area (Å²) < 4.78 is 5.30. The summed E-state index contributed by atoms with van der Waals surface area (Å²) in [5.74, 6) is -0.818. The summed E-state index contributed by atoms with van der Waals surface area (Å²) in [5, 5.41) is 5.92. The average Bonchev–Trinajstić information content (AvgIpc) is 2.72. The molecule has 0 aliphatic rings. The number of ether oxygens (including phenoxy) is 1. The lowest BCUT2D eigenvalue weighted by atomic mass is 9.99. The number of alkyl carbamates (subject to hydrolysis) is 1. The van der Waals surface area contributed by atoms with Gasteiger partial charge in [0.25, 0.3) is 5.91 Å². The third-order valence-electron chi connectivity index (χ3n) is 5.27. The average molecular weight is 502 g/mol. The van der Waals surface area contributed by atoms with E-state index in [1.165, 1.54) is 4.90 Å². The second-order valence-corrected chi connectivity index (χ2v) is 10.4. The highest BCUT2D eigenvalue weighted by atomic mass is 35.5. The Morgan fingerprint density at radius 2 is 1.63 bits per heavy atom. The van der Waals surface area contributed by atoms with Crippen molar-refractivity contribution in [3.8, 4) is 0 Å². The molecule has 0 saturated heterocycles. The molecule has 190 valence electrons. The zero-order valence-electron chi connectivity index (χ0n) is 21.7. The highest BCUT2D eigenvalue weighted by molar-refractivity contribution is 6.34. The first-order valence-corrected chi connectivity index (χ1v) is 12.0. The minimum absolute atomic E-state index is 0.353.